The Hall–Kier alpha value is -1.88. The van der Waals surface area contributed by atoms with Gasteiger partial charge < -0.3 is 14.6 Å². The summed E-state index contributed by atoms with van der Waals surface area (Å²) in [4.78, 5) is 4.45. The molecule has 1 unspecified atom stereocenters. The summed E-state index contributed by atoms with van der Waals surface area (Å²) >= 11 is 0. The molecule has 0 bridgehead atoms. The van der Waals surface area contributed by atoms with Crippen LogP contribution in [0.3, 0.4) is 0 Å². The molecule has 20 heavy (non-hydrogen) atoms. The fraction of sp³-hybridized carbons (Fsp3) is 0.467. The smallest absolute Gasteiger partial charge is 0.230 e. The van der Waals surface area contributed by atoms with Crippen LogP contribution < -0.4 is 10.1 Å². The molecule has 5 heteroatoms. The number of ether oxygens (including phenoxy) is 1. The van der Waals surface area contributed by atoms with Gasteiger partial charge in [-0.25, -0.2) is 0 Å². The molecule has 0 amide bonds. The number of aromatic nitrogens is 2. The maximum absolute atomic E-state index is 5.31. The molecule has 1 aromatic heterocycles. The Morgan fingerprint density at radius 2 is 2.05 bits per heavy atom. The minimum absolute atomic E-state index is 0.229. The lowest BCUT2D eigenvalue weighted by Gasteiger charge is -2.05. The van der Waals surface area contributed by atoms with Gasteiger partial charge in [-0.1, -0.05) is 31.1 Å². The normalized spacial score (nSPS) is 12.3. The largest absolute Gasteiger partial charge is 0.497 e. The molecule has 0 aliphatic rings. The zero-order valence-electron chi connectivity index (χ0n) is 12.2. The standard InChI is InChI=1S/C15H21N3O2/c1-4-16-10-11(2)15-17-14(18-20-15)9-12-5-7-13(19-3)8-6-12/h5-8,11,16H,4,9-10H2,1-3H3. The van der Waals surface area contributed by atoms with Gasteiger partial charge >= 0.3 is 0 Å². The van der Waals surface area contributed by atoms with E-state index in [9.17, 15) is 0 Å². The predicted molar refractivity (Wildman–Crippen MR) is 77.1 cm³/mol. The Kier molecular flexibility index (Phi) is 5.12. The third-order valence-electron chi connectivity index (χ3n) is 3.13. The molecular formula is C15H21N3O2. The lowest BCUT2D eigenvalue weighted by molar-refractivity contribution is 0.352. The van der Waals surface area contributed by atoms with Crippen molar-refractivity contribution in [3.63, 3.8) is 0 Å². The van der Waals surface area contributed by atoms with E-state index in [0.29, 0.717) is 18.1 Å². The first-order chi connectivity index (χ1) is 9.72. The highest BCUT2D eigenvalue weighted by Crippen LogP contribution is 2.16. The van der Waals surface area contributed by atoms with E-state index in [0.717, 1.165) is 24.4 Å². The molecule has 1 atom stereocenters. The topological polar surface area (TPSA) is 60.2 Å². The minimum Gasteiger partial charge on any atom is -0.497 e. The molecule has 0 saturated heterocycles. The summed E-state index contributed by atoms with van der Waals surface area (Å²) in [5.41, 5.74) is 1.14. The molecule has 0 aliphatic carbocycles. The summed E-state index contributed by atoms with van der Waals surface area (Å²) in [6.07, 6.45) is 0.668. The van der Waals surface area contributed by atoms with Gasteiger partial charge in [0.25, 0.3) is 0 Å². The molecule has 0 radical (unpaired) electrons. The van der Waals surface area contributed by atoms with E-state index in [1.807, 2.05) is 24.3 Å². The van der Waals surface area contributed by atoms with Crippen molar-refractivity contribution in [2.24, 2.45) is 0 Å². The fourth-order valence-corrected chi connectivity index (χ4v) is 1.91. The quantitative estimate of drug-likeness (QED) is 0.840. The Morgan fingerprint density at radius 3 is 2.70 bits per heavy atom. The van der Waals surface area contributed by atoms with Crippen molar-refractivity contribution in [2.45, 2.75) is 26.2 Å². The van der Waals surface area contributed by atoms with Crippen LogP contribution in [0.25, 0.3) is 0 Å². The first-order valence-corrected chi connectivity index (χ1v) is 6.89. The number of hydrogen-bond donors (Lipinski definition) is 1. The van der Waals surface area contributed by atoms with Crippen LogP contribution in [0.1, 0.15) is 37.0 Å². The Balaban J connectivity index is 1.97. The van der Waals surface area contributed by atoms with Crippen molar-refractivity contribution in [3.8, 4) is 5.75 Å². The Bertz CT molecular complexity index is 522. The first kappa shape index (κ1) is 14.5. The third-order valence-corrected chi connectivity index (χ3v) is 3.13. The van der Waals surface area contributed by atoms with Gasteiger partial charge in [-0.15, -0.1) is 0 Å². The number of likely N-dealkylation sites (N-methyl/N-ethyl adjacent to an activating group) is 1. The molecule has 2 aromatic rings. The van der Waals surface area contributed by atoms with Crippen LogP contribution in [0, 0.1) is 0 Å². The first-order valence-electron chi connectivity index (χ1n) is 6.89. The van der Waals surface area contributed by atoms with Crippen LogP contribution >= 0.6 is 0 Å². The highest BCUT2D eigenvalue weighted by Gasteiger charge is 2.13. The zero-order chi connectivity index (χ0) is 14.4. The molecule has 1 heterocycles. The molecule has 1 aromatic carbocycles. The molecular weight excluding hydrogens is 254 g/mol. The van der Waals surface area contributed by atoms with Crippen LogP contribution in [0.2, 0.25) is 0 Å². The van der Waals surface area contributed by atoms with Crippen molar-refractivity contribution in [1.29, 1.82) is 0 Å². The van der Waals surface area contributed by atoms with Crippen LogP contribution in [0.4, 0.5) is 0 Å². The van der Waals surface area contributed by atoms with Crippen LogP contribution in [0.15, 0.2) is 28.8 Å². The van der Waals surface area contributed by atoms with E-state index in [1.54, 1.807) is 7.11 Å². The van der Waals surface area contributed by atoms with Gasteiger partial charge in [0, 0.05) is 18.9 Å². The molecule has 0 aliphatic heterocycles. The van der Waals surface area contributed by atoms with Gasteiger partial charge in [0.2, 0.25) is 5.89 Å². The van der Waals surface area contributed by atoms with Crippen molar-refractivity contribution < 1.29 is 9.26 Å². The molecule has 0 spiro atoms. The van der Waals surface area contributed by atoms with E-state index < -0.39 is 0 Å². The van der Waals surface area contributed by atoms with Gasteiger partial charge in [-0.3, -0.25) is 0 Å². The average molecular weight is 275 g/mol. The van der Waals surface area contributed by atoms with E-state index in [2.05, 4.69) is 29.3 Å². The number of methoxy groups -OCH3 is 1. The average Bonchev–Trinajstić information content (AvgIpc) is 2.94. The van der Waals surface area contributed by atoms with Gasteiger partial charge in [0.05, 0.1) is 7.11 Å². The number of benzene rings is 1. The van der Waals surface area contributed by atoms with E-state index in [4.69, 9.17) is 9.26 Å². The van der Waals surface area contributed by atoms with Gasteiger partial charge in [-0.2, -0.15) is 4.98 Å². The minimum atomic E-state index is 0.229. The summed E-state index contributed by atoms with van der Waals surface area (Å²) in [6.45, 7) is 5.95. The molecule has 1 N–H and O–H groups in total. The lowest BCUT2D eigenvalue weighted by atomic mass is 10.1. The molecule has 108 valence electrons. The van der Waals surface area contributed by atoms with E-state index >= 15 is 0 Å². The second kappa shape index (κ2) is 7.05. The molecule has 0 saturated carbocycles. The summed E-state index contributed by atoms with van der Waals surface area (Å²) in [7, 11) is 1.66. The van der Waals surface area contributed by atoms with Crippen LogP contribution in [-0.2, 0) is 6.42 Å². The summed E-state index contributed by atoms with van der Waals surface area (Å²) in [5.74, 6) is 2.48. The number of nitrogens with one attached hydrogen (secondary N) is 1. The summed E-state index contributed by atoms with van der Waals surface area (Å²) in [6, 6.07) is 7.89. The molecule has 0 fully saturated rings. The summed E-state index contributed by atoms with van der Waals surface area (Å²) in [5, 5.41) is 7.31. The van der Waals surface area contributed by atoms with Crippen molar-refractivity contribution >= 4 is 0 Å². The fourth-order valence-electron chi connectivity index (χ4n) is 1.91. The van der Waals surface area contributed by atoms with Gasteiger partial charge in [0.15, 0.2) is 5.82 Å². The monoisotopic (exact) mass is 275 g/mol. The highest BCUT2D eigenvalue weighted by atomic mass is 16.5. The number of rotatable bonds is 7. The maximum Gasteiger partial charge on any atom is 0.230 e. The SMILES string of the molecule is CCNCC(C)c1nc(Cc2ccc(OC)cc2)no1. The van der Waals surface area contributed by atoms with E-state index in [-0.39, 0.29) is 5.92 Å². The third kappa shape index (κ3) is 3.81. The molecule has 2 rings (SSSR count). The predicted octanol–water partition coefficient (Wildman–Crippen LogP) is 2.38. The maximum atomic E-state index is 5.31. The Labute approximate surface area is 119 Å². The highest BCUT2D eigenvalue weighted by molar-refractivity contribution is 5.28. The van der Waals surface area contributed by atoms with Crippen LogP contribution in [0.5, 0.6) is 5.75 Å². The second-order valence-corrected chi connectivity index (χ2v) is 4.78. The Morgan fingerprint density at radius 1 is 1.30 bits per heavy atom. The van der Waals surface area contributed by atoms with Gasteiger partial charge in [-0.05, 0) is 24.2 Å². The van der Waals surface area contributed by atoms with Crippen molar-refractivity contribution in [1.82, 2.24) is 15.5 Å². The van der Waals surface area contributed by atoms with E-state index in [1.165, 1.54) is 0 Å². The second-order valence-electron chi connectivity index (χ2n) is 4.78. The van der Waals surface area contributed by atoms with Gasteiger partial charge in [0.1, 0.15) is 5.75 Å². The van der Waals surface area contributed by atoms with Crippen molar-refractivity contribution in [3.05, 3.63) is 41.5 Å². The summed E-state index contributed by atoms with van der Waals surface area (Å²) < 4.78 is 10.5. The van der Waals surface area contributed by atoms with Crippen molar-refractivity contribution in [2.75, 3.05) is 20.2 Å². The van der Waals surface area contributed by atoms with Crippen LogP contribution in [-0.4, -0.2) is 30.3 Å². The number of nitrogens with zero attached hydrogens (tertiary/aromatic N) is 2. The lowest BCUT2D eigenvalue weighted by Crippen LogP contribution is -2.19. The number of hydrogen-bond acceptors (Lipinski definition) is 5. The zero-order valence-corrected chi connectivity index (χ0v) is 12.2. The molecule has 5 nitrogen and oxygen atoms in total.